The molecule has 1 aromatic carbocycles. The Morgan fingerprint density at radius 1 is 1.29 bits per heavy atom. The average molecular weight is 292 g/mol. The van der Waals surface area contributed by atoms with E-state index in [1.54, 1.807) is 12.3 Å². The maximum Gasteiger partial charge on any atom is 0.0962 e. The highest BCUT2D eigenvalue weighted by Crippen LogP contribution is 2.40. The van der Waals surface area contributed by atoms with Gasteiger partial charge < -0.3 is 5.73 Å². The van der Waals surface area contributed by atoms with Crippen LogP contribution in [-0.4, -0.2) is 4.98 Å². The lowest BCUT2D eigenvalue weighted by Crippen LogP contribution is -1.92. The molecule has 0 saturated carbocycles. The summed E-state index contributed by atoms with van der Waals surface area (Å²) in [6.45, 7) is 0. The molecular formula is C9H5BrCl2N2. The van der Waals surface area contributed by atoms with E-state index in [1.807, 2.05) is 6.07 Å². The summed E-state index contributed by atoms with van der Waals surface area (Å²) in [5, 5.41) is 1.73. The quantitative estimate of drug-likeness (QED) is 0.591. The molecule has 0 atom stereocenters. The lowest BCUT2D eigenvalue weighted by Gasteiger charge is -2.07. The number of anilines is 1. The van der Waals surface area contributed by atoms with Gasteiger partial charge in [-0.3, -0.25) is 4.98 Å². The van der Waals surface area contributed by atoms with Gasteiger partial charge in [0.05, 0.1) is 25.7 Å². The number of benzene rings is 1. The van der Waals surface area contributed by atoms with E-state index in [9.17, 15) is 0 Å². The molecule has 1 heterocycles. The lowest BCUT2D eigenvalue weighted by molar-refractivity contribution is 1.41. The summed E-state index contributed by atoms with van der Waals surface area (Å²) < 4.78 is 0.610. The van der Waals surface area contributed by atoms with Crippen LogP contribution in [0, 0.1) is 0 Å². The van der Waals surface area contributed by atoms with Crippen molar-refractivity contribution in [2.75, 3.05) is 5.73 Å². The Balaban J connectivity index is 3.02. The fourth-order valence-electron chi connectivity index (χ4n) is 1.23. The van der Waals surface area contributed by atoms with Gasteiger partial charge in [-0.25, -0.2) is 0 Å². The van der Waals surface area contributed by atoms with Crippen LogP contribution in [0.4, 0.5) is 5.69 Å². The minimum Gasteiger partial charge on any atom is -0.396 e. The summed E-state index contributed by atoms with van der Waals surface area (Å²) in [4.78, 5) is 4.13. The number of hydrogen-bond acceptors (Lipinski definition) is 2. The summed E-state index contributed by atoms with van der Waals surface area (Å²) in [5.41, 5.74) is 6.88. The fourth-order valence-corrected chi connectivity index (χ4v) is 2.14. The summed E-state index contributed by atoms with van der Waals surface area (Å²) >= 11 is 15.3. The maximum absolute atomic E-state index is 6.08. The van der Waals surface area contributed by atoms with Gasteiger partial charge in [0.15, 0.2) is 0 Å². The number of halogens is 3. The summed E-state index contributed by atoms with van der Waals surface area (Å²) in [5.74, 6) is 0. The van der Waals surface area contributed by atoms with E-state index in [0.29, 0.717) is 25.7 Å². The molecule has 0 fully saturated rings. The molecule has 0 unspecified atom stereocenters. The van der Waals surface area contributed by atoms with Crippen molar-refractivity contribution in [2.24, 2.45) is 0 Å². The summed E-state index contributed by atoms with van der Waals surface area (Å²) in [6.07, 6.45) is 1.65. The predicted octanol–water partition coefficient (Wildman–Crippen LogP) is 3.89. The van der Waals surface area contributed by atoms with Gasteiger partial charge in [0.25, 0.3) is 0 Å². The second-order valence-electron chi connectivity index (χ2n) is 2.76. The normalized spacial score (nSPS) is 10.8. The van der Waals surface area contributed by atoms with Gasteiger partial charge in [0.2, 0.25) is 0 Å². The number of fused-ring (bicyclic) bond motifs is 1. The predicted molar refractivity (Wildman–Crippen MR) is 63.9 cm³/mol. The van der Waals surface area contributed by atoms with Crippen molar-refractivity contribution in [3.63, 3.8) is 0 Å². The van der Waals surface area contributed by atoms with Crippen molar-refractivity contribution in [2.45, 2.75) is 0 Å². The van der Waals surface area contributed by atoms with Crippen molar-refractivity contribution in [3.05, 3.63) is 32.8 Å². The molecule has 0 aliphatic carbocycles. The first-order valence-electron chi connectivity index (χ1n) is 3.79. The van der Waals surface area contributed by atoms with Crippen LogP contribution < -0.4 is 5.73 Å². The molecule has 2 N–H and O–H groups in total. The zero-order valence-electron chi connectivity index (χ0n) is 6.89. The molecule has 0 saturated heterocycles. The second kappa shape index (κ2) is 3.57. The van der Waals surface area contributed by atoms with Crippen LogP contribution in [0.1, 0.15) is 0 Å². The number of rotatable bonds is 0. The molecule has 0 aliphatic heterocycles. The number of pyridine rings is 1. The highest BCUT2D eigenvalue weighted by molar-refractivity contribution is 9.10. The maximum atomic E-state index is 6.08. The van der Waals surface area contributed by atoms with Crippen LogP contribution in [0.3, 0.4) is 0 Å². The van der Waals surface area contributed by atoms with E-state index in [1.165, 1.54) is 0 Å². The van der Waals surface area contributed by atoms with Crippen molar-refractivity contribution in [3.8, 4) is 0 Å². The summed E-state index contributed by atoms with van der Waals surface area (Å²) in [7, 11) is 0. The third kappa shape index (κ3) is 1.36. The van der Waals surface area contributed by atoms with E-state index in [4.69, 9.17) is 28.9 Å². The third-order valence-corrected chi connectivity index (χ3v) is 3.96. The van der Waals surface area contributed by atoms with Gasteiger partial charge >= 0.3 is 0 Å². The first-order valence-corrected chi connectivity index (χ1v) is 5.34. The topological polar surface area (TPSA) is 38.9 Å². The molecule has 0 spiro atoms. The van der Waals surface area contributed by atoms with Gasteiger partial charge in [-0.1, -0.05) is 23.2 Å². The number of hydrogen-bond donors (Lipinski definition) is 1. The lowest BCUT2D eigenvalue weighted by atomic mass is 10.2. The first-order chi connectivity index (χ1) is 6.63. The zero-order chi connectivity index (χ0) is 10.3. The van der Waals surface area contributed by atoms with Crippen molar-refractivity contribution in [1.82, 2.24) is 4.98 Å². The molecule has 0 aliphatic rings. The van der Waals surface area contributed by atoms with Gasteiger partial charge in [0.1, 0.15) is 0 Å². The van der Waals surface area contributed by atoms with E-state index in [2.05, 4.69) is 20.9 Å². The molecule has 2 aromatic rings. The minimum absolute atomic E-state index is 0.404. The highest BCUT2D eigenvalue weighted by Gasteiger charge is 2.13. The molecule has 2 nitrogen and oxygen atoms in total. The molecule has 1 aromatic heterocycles. The first kappa shape index (κ1) is 10.0. The average Bonchev–Trinajstić information content (AvgIpc) is 2.23. The van der Waals surface area contributed by atoms with Crippen molar-refractivity contribution < 1.29 is 0 Å². The fraction of sp³-hybridized carbons (Fsp3) is 0. The Morgan fingerprint density at radius 3 is 2.71 bits per heavy atom. The standard InChI is InChI=1S/C9H5BrCl2N2/c10-5-6(11)4-2-1-3-14-9(4)8(13)7(5)12/h1-3H,13H2. The number of nitrogen functional groups attached to an aromatic ring is 1. The highest BCUT2D eigenvalue weighted by atomic mass is 79.9. The summed E-state index contributed by atoms with van der Waals surface area (Å²) in [6, 6.07) is 3.65. The van der Waals surface area contributed by atoms with Crippen LogP contribution in [-0.2, 0) is 0 Å². The van der Waals surface area contributed by atoms with Gasteiger partial charge in [-0.05, 0) is 28.1 Å². The molecule has 2 rings (SSSR count). The Bertz CT molecular complexity index is 467. The van der Waals surface area contributed by atoms with Crippen LogP contribution in [0.15, 0.2) is 22.8 Å². The molecule has 0 bridgehead atoms. The van der Waals surface area contributed by atoms with Crippen molar-refractivity contribution >= 4 is 55.7 Å². The molecule has 5 heteroatoms. The number of nitrogens with two attached hydrogens (primary N) is 1. The molecular weight excluding hydrogens is 287 g/mol. The monoisotopic (exact) mass is 290 g/mol. The SMILES string of the molecule is Nc1c(Cl)c(Br)c(Cl)c2cccnc12. The molecule has 0 amide bonds. The number of aromatic nitrogens is 1. The molecule has 0 radical (unpaired) electrons. The second-order valence-corrected chi connectivity index (χ2v) is 4.30. The van der Waals surface area contributed by atoms with E-state index in [0.717, 1.165) is 5.39 Å². The van der Waals surface area contributed by atoms with Crippen LogP contribution in [0.2, 0.25) is 10.0 Å². The Kier molecular flexibility index (Phi) is 2.56. The van der Waals surface area contributed by atoms with Gasteiger partial charge in [-0.2, -0.15) is 0 Å². The van der Waals surface area contributed by atoms with Crippen LogP contribution >= 0.6 is 39.1 Å². The smallest absolute Gasteiger partial charge is 0.0962 e. The largest absolute Gasteiger partial charge is 0.396 e. The van der Waals surface area contributed by atoms with Crippen LogP contribution in [0.5, 0.6) is 0 Å². The van der Waals surface area contributed by atoms with E-state index >= 15 is 0 Å². The van der Waals surface area contributed by atoms with E-state index in [-0.39, 0.29) is 0 Å². The Morgan fingerprint density at radius 2 is 2.00 bits per heavy atom. The van der Waals surface area contributed by atoms with Crippen molar-refractivity contribution in [1.29, 1.82) is 0 Å². The van der Waals surface area contributed by atoms with Crippen LogP contribution in [0.25, 0.3) is 10.9 Å². The molecule has 14 heavy (non-hydrogen) atoms. The Labute approximate surface area is 99.1 Å². The van der Waals surface area contributed by atoms with Gasteiger partial charge in [0, 0.05) is 11.6 Å². The third-order valence-electron chi connectivity index (χ3n) is 1.92. The Hall–Kier alpha value is -0.510. The minimum atomic E-state index is 0.404. The zero-order valence-corrected chi connectivity index (χ0v) is 9.99. The van der Waals surface area contributed by atoms with E-state index < -0.39 is 0 Å². The molecule has 72 valence electrons. The van der Waals surface area contributed by atoms with Gasteiger partial charge in [-0.15, -0.1) is 0 Å². The number of nitrogens with zero attached hydrogens (tertiary/aromatic N) is 1.